The molecule has 1 amide bonds. The topological polar surface area (TPSA) is 93.1 Å². The minimum Gasteiger partial charge on any atom is -0.497 e. The van der Waals surface area contributed by atoms with Crippen LogP contribution in [0, 0.1) is 0 Å². The third kappa shape index (κ3) is 4.82. The second kappa shape index (κ2) is 10.1. The van der Waals surface area contributed by atoms with Crippen LogP contribution in [-0.2, 0) is 11.2 Å². The number of aromatic amines is 1. The Morgan fingerprint density at radius 2 is 1.89 bits per heavy atom. The van der Waals surface area contributed by atoms with Gasteiger partial charge in [0.1, 0.15) is 17.0 Å². The Bertz CT molecular complexity index is 1360. The number of hydrogen-bond acceptors (Lipinski definition) is 5. The first kappa shape index (κ1) is 22.8. The van der Waals surface area contributed by atoms with Gasteiger partial charge >= 0.3 is 0 Å². The lowest BCUT2D eigenvalue weighted by Gasteiger charge is -2.30. The van der Waals surface area contributed by atoms with Crippen molar-refractivity contribution in [2.24, 2.45) is 0 Å². The number of methoxy groups -OCH3 is 1. The minimum atomic E-state index is -0.245. The van der Waals surface area contributed by atoms with E-state index in [0.717, 1.165) is 49.2 Å². The van der Waals surface area contributed by atoms with Gasteiger partial charge in [0, 0.05) is 19.4 Å². The first-order valence-corrected chi connectivity index (χ1v) is 12.1. The van der Waals surface area contributed by atoms with Crippen LogP contribution in [0.4, 0.5) is 0 Å². The second-order valence-electron chi connectivity index (χ2n) is 8.87. The summed E-state index contributed by atoms with van der Waals surface area (Å²) in [5.41, 5.74) is 2.20. The molecule has 0 radical (unpaired) electrons. The molecule has 0 bridgehead atoms. The van der Waals surface area contributed by atoms with E-state index in [1.54, 1.807) is 11.8 Å². The number of fused-ring (bicyclic) bond motifs is 1. The van der Waals surface area contributed by atoms with Crippen molar-refractivity contribution in [3.8, 4) is 11.4 Å². The van der Waals surface area contributed by atoms with Gasteiger partial charge in [0.2, 0.25) is 5.91 Å². The molecule has 0 saturated carbocycles. The molecular formula is C27H29N5O3. The third-order valence-electron chi connectivity index (χ3n) is 6.64. The average molecular weight is 472 g/mol. The van der Waals surface area contributed by atoms with E-state index in [0.29, 0.717) is 23.3 Å². The maximum absolute atomic E-state index is 13.4. The molecule has 1 aliphatic heterocycles. The number of rotatable bonds is 6. The van der Waals surface area contributed by atoms with Gasteiger partial charge in [0.05, 0.1) is 25.0 Å². The highest BCUT2D eigenvalue weighted by atomic mass is 16.5. The van der Waals surface area contributed by atoms with Crippen LogP contribution in [0.15, 0.2) is 65.6 Å². The average Bonchev–Trinajstić information content (AvgIpc) is 3.17. The molecule has 0 aliphatic carbocycles. The summed E-state index contributed by atoms with van der Waals surface area (Å²) in [7, 11) is 1.65. The summed E-state index contributed by atoms with van der Waals surface area (Å²) in [6.45, 7) is 0.735. The number of nitrogens with zero attached hydrogens (tertiary/aromatic N) is 4. The highest BCUT2D eigenvalue weighted by molar-refractivity contribution is 5.77. The Labute approximate surface area is 203 Å². The van der Waals surface area contributed by atoms with Gasteiger partial charge < -0.3 is 14.6 Å². The zero-order chi connectivity index (χ0) is 24.2. The Hall–Kier alpha value is -3.94. The maximum Gasteiger partial charge on any atom is 0.262 e. The molecule has 8 nitrogen and oxygen atoms in total. The van der Waals surface area contributed by atoms with Crippen LogP contribution in [0.25, 0.3) is 16.7 Å². The van der Waals surface area contributed by atoms with Crippen LogP contribution in [0.1, 0.15) is 49.5 Å². The van der Waals surface area contributed by atoms with Crippen molar-refractivity contribution < 1.29 is 9.53 Å². The first-order valence-electron chi connectivity index (χ1n) is 12.1. The van der Waals surface area contributed by atoms with E-state index < -0.39 is 0 Å². The predicted octanol–water partition coefficient (Wildman–Crippen LogP) is 4.19. The van der Waals surface area contributed by atoms with Crippen LogP contribution in [0.3, 0.4) is 0 Å². The number of carbonyl (C=O) groups excluding carboxylic acids is 1. The summed E-state index contributed by atoms with van der Waals surface area (Å²) in [5, 5.41) is 4.78. The Kier molecular flexibility index (Phi) is 6.61. The summed E-state index contributed by atoms with van der Waals surface area (Å²) in [5.74, 6) is 1.37. The fourth-order valence-electron chi connectivity index (χ4n) is 4.79. The van der Waals surface area contributed by atoms with E-state index in [4.69, 9.17) is 4.74 Å². The van der Waals surface area contributed by atoms with E-state index in [1.807, 2.05) is 59.5 Å². The van der Waals surface area contributed by atoms with Crippen LogP contribution in [-0.4, -0.2) is 44.2 Å². The lowest BCUT2D eigenvalue weighted by atomic mass is 10.00. The zero-order valence-electron chi connectivity index (χ0n) is 19.8. The number of ether oxygens (including phenoxy) is 1. The maximum atomic E-state index is 13.4. The van der Waals surface area contributed by atoms with Gasteiger partial charge in [0.25, 0.3) is 5.56 Å². The minimum absolute atomic E-state index is 0.0462. The molecular weight excluding hydrogens is 442 g/mol. The van der Waals surface area contributed by atoms with Gasteiger partial charge in [-0.15, -0.1) is 0 Å². The monoisotopic (exact) mass is 471 g/mol. The molecule has 0 unspecified atom stereocenters. The molecule has 1 N–H and O–H groups in total. The molecule has 1 aliphatic rings. The molecule has 2 aromatic heterocycles. The van der Waals surface area contributed by atoms with Crippen molar-refractivity contribution in [2.75, 3.05) is 13.7 Å². The lowest BCUT2D eigenvalue weighted by Crippen LogP contribution is -2.35. The molecule has 35 heavy (non-hydrogen) atoms. The molecule has 5 rings (SSSR count). The van der Waals surface area contributed by atoms with E-state index >= 15 is 0 Å². The molecule has 8 heteroatoms. The highest BCUT2D eigenvalue weighted by Gasteiger charge is 2.27. The molecule has 180 valence electrons. The zero-order valence-corrected chi connectivity index (χ0v) is 19.8. The molecule has 4 aromatic rings. The number of nitrogens with one attached hydrogen (secondary N) is 1. The van der Waals surface area contributed by atoms with Crippen molar-refractivity contribution in [3.63, 3.8) is 0 Å². The van der Waals surface area contributed by atoms with E-state index in [9.17, 15) is 9.59 Å². The normalized spacial score (nSPS) is 16.3. The van der Waals surface area contributed by atoms with E-state index in [1.165, 1.54) is 6.20 Å². The van der Waals surface area contributed by atoms with Crippen molar-refractivity contribution in [2.45, 2.75) is 44.6 Å². The number of aryl methyl sites for hydroxylation is 1. The first-order chi connectivity index (χ1) is 17.1. The second-order valence-corrected chi connectivity index (χ2v) is 8.87. The van der Waals surface area contributed by atoms with Crippen LogP contribution >= 0.6 is 0 Å². The molecule has 2 aromatic carbocycles. The molecule has 1 atom stereocenters. The van der Waals surface area contributed by atoms with Gasteiger partial charge in [-0.05, 0) is 42.7 Å². The van der Waals surface area contributed by atoms with Gasteiger partial charge in [-0.1, -0.05) is 43.2 Å². The number of H-pyrrole nitrogens is 1. The SMILES string of the molecule is COc1ccc([C@@H]2CCCCCN2C(=O)CCc2nc3c(cnn3-c3ccccc3)c(=O)[nH]2)cc1. The van der Waals surface area contributed by atoms with Crippen molar-refractivity contribution in [1.82, 2.24) is 24.6 Å². The van der Waals surface area contributed by atoms with Crippen molar-refractivity contribution in [3.05, 3.63) is 82.5 Å². The quantitative estimate of drug-likeness (QED) is 0.455. The summed E-state index contributed by atoms with van der Waals surface area (Å²) in [6.07, 6.45) is 6.31. The summed E-state index contributed by atoms with van der Waals surface area (Å²) < 4.78 is 6.95. The standard InChI is InChI=1S/C27H29N5O3/c1-35-21-13-11-19(12-14-21)23-10-6-3-7-17-31(23)25(33)16-15-24-29-26-22(27(34)30-24)18-28-32(26)20-8-4-2-5-9-20/h2,4-5,8-9,11-14,18,23H,3,6-7,10,15-17H2,1H3,(H,29,30,34)/t23-/m0/s1. The van der Waals surface area contributed by atoms with Crippen LogP contribution in [0.5, 0.6) is 5.75 Å². The highest BCUT2D eigenvalue weighted by Crippen LogP contribution is 2.31. The molecule has 3 heterocycles. The summed E-state index contributed by atoms with van der Waals surface area (Å²) >= 11 is 0. The number of likely N-dealkylation sites (tertiary alicyclic amines) is 1. The smallest absolute Gasteiger partial charge is 0.262 e. The summed E-state index contributed by atoms with van der Waals surface area (Å²) in [4.78, 5) is 35.6. The van der Waals surface area contributed by atoms with E-state index in [-0.39, 0.29) is 23.9 Å². The number of benzene rings is 2. The van der Waals surface area contributed by atoms with Gasteiger partial charge in [0.15, 0.2) is 5.65 Å². The number of para-hydroxylation sites is 1. The van der Waals surface area contributed by atoms with Gasteiger partial charge in [-0.2, -0.15) is 5.10 Å². The molecule has 1 fully saturated rings. The Morgan fingerprint density at radius 3 is 2.66 bits per heavy atom. The van der Waals surface area contributed by atoms with Crippen LogP contribution < -0.4 is 10.3 Å². The van der Waals surface area contributed by atoms with Crippen molar-refractivity contribution in [1.29, 1.82) is 0 Å². The largest absolute Gasteiger partial charge is 0.497 e. The van der Waals surface area contributed by atoms with Gasteiger partial charge in [-0.25, -0.2) is 9.67 Å². The number of amides is 1. The molecule has 1 saturated heterocycles. The number of hydrogen-bond donors (Lipinski definition) is 1. The number of carbonyl (C=O) groups is 1. The fourth-order valence-corrected chi connectivity index (χ4v) is 4.79. The van der Waals surface area contributed by atoms with E-state index in [2.05, 4.69) is 15.1 Å². The summed E-state index contributed by atoms with van der Waals surface area (Å²) in [6, 6.07) is 17.6. The Balaban J connectivity index is 1.36. The lowest BCUT2D eigenvalue weighted by molar-refractivity contribution is -0.133. The molecule has 0 spiro atoms. The van der Waals surface area contributed by atoms with Crippen LogP contribution in [0.2, 0.25) is 0 Å². The van der Waals surface area contributed by atoms with Gasteiger partial charge in [-0.3, -0.25) is 9.59 Å². The predicted molar refractivity (Wildman–Crippen MR) is 134 cm³/mol. The van der Waals surface area contributed by atoms with Crippen molar-refractivity contribution >= 4 is 16.9 Å². The third-order valence-corrected chi connectivity index (χ3v) is 6.64. The fraction of sp³-hybridized carbons (Fsp3) is 0.333. The number of aromatic nitrogens is 4. The Morgan fingerprint density at radius 1 is 1.09 bits per heavy atom.